The Morgan fingerprint density at radius 1 is 1.34 bits per heavy atom. The number of aromatic nitrogens is 6. The molecule has 0 radical (unpaired) electrons. The molecular formula is C23H26N8O. The number of hydrogen-bond donors (Lipinski definition) is 2. The highest BCUT2D eigenvalue weighted by molar-refractivity contribution is 5.82. The molecular weight excluding hydrogens is 404 g/mol. The first kappa shape index (κ1) is 20.3. The molecule has 3 N–H and O–H groups in total. The van der Waals surface area contributed by atoms with Gasteiger partial charge in [0.2, 0.25) is 5.95 Å². The molecule has 1 fully saturated rings. The van der Waals surface area contributed by atoms with Crippen molar-refractivity contribution in [1.29, 1.82) is 0 Å². The summed E-state index contributed by atoms with van der Waals surface area (Å²) in [5, 5.41) is 12.6. The largest absolute Gasteiger partial charge is 0.341 e. The van der Waals surface area contributed by atoms with E-state index in [1.807, 2.05) is 29.7 Å². The first-order chi connectivity index (χ1) is 15.6. The van der Waals surface area contributed by atoms with Crippen molar-refractivity contribution in [2.45, 2.75) is 45.3 Å². The molecule has 1 saturated heterocycles. The summed E-state index contributed by atoms with van der Waals surface area (Å²) in [6.45, 7) is 5.72. The molecule has 0 bridgehead atoms. The summed E-state index contributed by atoms with van der Waals surface area (Å²) in [4.78, 5) is 20.6. The lowest BCUT2D eigenvalue weighted by Gasteiger charge is -2.31. The summed E-state index contributed by atoms with van der Waals surface area (Å²) >= 11 is 0. The van der Waals surface area contributed by atoms with Crippen LogP contribution in [-0.4, -0.2) is 48.7 Å². The van der Waals surface area contributed by atoms with Gasteiger partial charge in [-0.3, -0.25) is 14.5 Å². The SMILES string of the molecule is CC#CCn1c(N2CCC[C@@H](N)C2)nc2cnn(C(C)c3cccc4[nH]ncc34)c(=O)c21. The number of nitrogens with one attached hydrogen (secondary N) is 1. The van der Waals surface area contributed by atoms with Crippen LogP contribution < -0.4 is 16.2 Å². The van der Waals surface area contributed by atoms with Crippen molar-refractivity contribution in [3.8, 4) is 11.8 Å². The normalized spacial score (nSPS) is 17.5. The Kier molecular flexibility index (Phi) is 5.15. The zero-order chi connectivity index (χ0) is 22.2. The summed E-state index contributed by atoms with van der Waals surface area (Å²) in [5.74, 6) is 6.76. The van der Waals surface area contributed by atoms with Gasteiger partial charge in [0.15, 0.2) is 0 Å². The van der Waals surface area contributed by atoms with Gasteiger partial charge in [-0.05, 0) is 38.3 Å². The number of benzene rings is 1. The van der Waals surface area contributed by atoms with Crippen LogP contribution >= 0.6 is 0 Å². The molecule has 9 nitrogen and oxygen atoms in total. The summed E-state index contributed by atoms with van der Waals surface area (Å²) in [6.07, 6.45) is 5.45. The topological polar surface area (TPSA) is 111 Å². The third-order valence-electron chi connectivity index (χ3n) is 6.18. The van der Waals surface area contributed by atoms with Crippen molar-refractivity contribution < 1.29 is 0 Å². The Balaban J connectivity index is 1.66. The maximum absolute atomic E-state index is 13.7. The third-order valence-corrected chi connectivity index (χ3v) is 6.18. The van der Waals surface area contributed by atoms with Gasteiger partial charge in [0, 0.05) is 24.5 Å². The fourth-order valence-electron chi connectivity index (χ4n) is 4.56. The molecule has 1 aliphatic rings. The van der Waals surface area contributed by atoms with Crippen molar-refractivity contribution in [3.63, 3.8) is 0 Å². The minimum Gasteiger partial charge on any atom is -0.341 e. The molecule has 0 saturated carbocycles. The molecule has 1 aromatic carbocycles. The predicted molar refractivity (Wildman–Crippen MR) is 125 cm³/mol. The number of rotatable bonds is 4. The molecule has 3 aromatic heterocycles. The van der Waals surface area contributed by atoms with Gasteiger partial charge in [0.05, 0.1) is 30.5 Å². The van der Waals surface area contributed by atoms with E-state index in [0.717, 1.165) is 41.8 Å². The molecule has 1 aliphatic heterocycles. The highest BCUT2D eigenvalue weighted by Crippen LogP contribution is 2.26. The Hall–Kier alpha value is -3.64. The van der Waals surface area contributed by atoms with Crippen LogP contribution in [-0.2, 0) is 6.54 Å². The second-order valence-corrected chi connectivity index (χ2v) is 8.26. The van der Waals surface area contributed by atoms with E-state index in [9.17, 15) is 4.79 Å². The highest BCUT2D eigenvalue weighted by atomic mass is 16.1. The molecule has 0 spiro atoms. The minimum absolute atomic E-state index is 0.0968. The number of hydrogen-bond acceptors (Lipinski definition) is 6. The lowest BCUT2D eigenvalue weighted by molar-refractivity contribution is 0.495. The maximum Gasteiger partial charge on any atom is 0.293 e. The van der Waals surface area contributed by atoms with Crippen LogP contribution in [0.2, 0.25) is 0 Å². The molecule has 0 amide bonds. The fraction of sp³-hybridized carbons (Fsp3) is 0.391. The number of nitrogens with zero attached hydrogens (tertiary/aromatic N) is 6. The molecule has 164 valence electrons. The van der Waals surface area contributed by atoms with Crippen LogP contribution in [0.4, 0.5) is 5.95 Å². The number of nitrogens with two attached hydrogens (primary N) is 1. The lowest BCUT2D eigenvalue weighted by atomic mass is 10.0. The number of anilines is 1. The number of fused-ring (bicyclic) bond motifs is 2. The van der Waals surface area contributed by atoms with Gasteiger partial charge in [-0.25, -0.2) is 9.67 Å². The van der Waals surface area contributed by atoms with E-state index in [4.69, 9.17) is 10.7 Å². The van der Waals surface area contributed by atoms with Gasteiger partial charge in [0.25, 0.3) is 5.56 Å². The van der Waals surface area contributed by atoms with Gasteiger partial charge in [-0.15, -0.1) is 5.92 Å². The number of aromatic amines is 1. The highest BCUT2D eigenvalue weighted by Gasteiger charge is 2.25. The standard InChI is InChI=1S/C23H26N8O/c1-3-4-11-30-21-20(27-23(30)29-10-6-7-16(24)14-29)13-26-31(22(21)32)15(2)17-8-5-9-19-18(17)12-25-28-19/h5,8-9,12-13,15-16H,6-7,10-11,14,24H2,1-2H3,(H,25,28)/t15?,16-/m1/s1. The third kappa shape index (κ3) is 3.33. The van der Waals surface area contributed by atoms with Crippen molar-refractivity contribution in [3.05, 3.63) is 46.5 Å². The molecule has 4 heterocycles. The van der Waals surface area contributed by atoms with E-state index in [1.54, 1.807) is 19.3 Å². The molecule has 1 unspecified atom stereocenters. The minimum atomic E-state index is -0.277. The lowest BCUT2D eigenvalue weighted by Crippen LogP contribution is -2.44. The van der Waals surface area contributed by atoms with Gasteiger partial charge in [-0.2, -0.15) is 10.2 Å². The van der Waals surface area contributed by atoms with Crippen LogP contribution in [0.15, 0.2) is 35.4 Å². The van der Waals surface area contributed by atoms with E-state index in [-0.39, 0.29) is 17.6 Å². The maximum atomic E-state index is 13.7. The average Bonchev–Trinajstić information content (AvgIpc) is 3.42. The van der Waals surface area contributed by atoms with Gasteiger partial charge in [-0.1, -0.05) is 18.1 Å². The van der Waals surface area contributed by atoms with Crippen molar-refractivity contribution in [1.82, 2.24) is 29.5 Å². The van der Waals surface area contributed by atoms with Crippen LogP contribution in [0.5, 0.6) is 0 Å². The van der Waals surface area contributed by atoms with E-state index >= 15 is 0 Å². The first-order valence-electron chi connectivity index (χ1n) is 10.9. The number of H-pyrrole nitrogens is 1. The summed E-state index contributed by atoms with van der Waals surface area (Å²) in [7, 11) is 0. The number of piperidine rings is 1. The summed E-state index contributed by atoms with van der Waals surface area (Å²) in [5.41, 5.74) is 9.02. The zero-order valence-electron chi connectivity index (χ0n) is 18.2. The van der Waals surface area contributed by atoms with E-state index in [2.05, 4.69) is 32.0 Å². The zero-order valence-corrected chi connectivity index (χ0v) is 18.2. The van der Waals surface area contributed by atoms with E-state index < -0.39 is 0 Å². The van der Waals surface area contributed by atoms with Crippen molar-refractivity contribution in [2.24, 2.45) is 5.73 Å². The summed E-state index contributed by atoms with van der Waals surface area (Å²) in [6, 6.07) is 5.74. The molecule has 2 atom stereocenters. The quantitative estimate of drug-likeness (QED) is 0.479. The molecule has 0 aliphatic carbocycles. The van der Waals surface area contributed by atoms with Gasteiger partial charge >= 0.3 is 0 Å². The molecule has 4 aromatic rings. The second-order valence-electron chi connectivity index (χ2n) is 8.26. The average molecular weight is 431 g/mol. The second kappa shape index (κ2) is 8.13. The van der Waals surface area contributed by atoms with Crippen LogP contribution in [0.3, 0.4) is 0 Å². The number of imidazole rings is 1. The van der Waals surface area contributed by atoms with Gasteiger partial charge < -0.3 is 10.6 Å². The molecule has 5 rings (SSSR count). The fourth-order valence-corrected chi connectivity index (χ4v) is 4.56. The van der Waals surface area contributed by atoms with Crippen LogP contribution in [0.1, 0.15) is 38.3 Å². The first-order valence-corrected chi connectivity index (χ1v) is 10.9. The Bertz CT molecular complexity index is 1400. The Morgan fingerprint density at radius 2 is 2.22 bits per heavy atom. The van der Waals surface area contributed by atoms with E-state index in [0.29, 0.717) is 24.1 Å². The molecule has 32 heavy (non-hydrogen) atoms. The van der Waals surface area contributed by atoms with Crippen LogP contribution in [0.25, 0.3) is 21.9 Å². The van der Waals surface area contributed by atoms with Crippen LogP contribution in [0, 0.1) is 11.8 Å². The van der Waals surface area contributed by atoms with Gasteiger partial charge in [0.1, 0.15) is 11.0 Å². The molecule has 9 heteroatoms. The Morgan fingerprint density at radius 3 is 3.03 bits per heavy atom. The summed E-state index contributed by atoms with van der Waals surface area (Å²) < 4.78 is 3.43. The smallest absolute Gasteiger partial charge is 0.293 e. The monoisotopic (exact) mass is 430 g/mol. The van der Waals surface area contributed by atoms with Crippen molar-refractivity contribution >= 4 is 27.9 Å². The van der Waals surface area contributed by atoms with E-state index in [1.165, 1.54) is 4.68 Å². The van der Waals surface area contributed by atoms with Crippen molar-refractivity contribution in [2.75, 3.05) is 18.0 Å². The predicted octanol–water partition coefficient (Wildman–Crippen LogP) is 2.03. The Labute approximate surface area is 185 Å².